The summed E-state index contributed by atoms with van der Waals surface area (Å²) in [5, 5.41) is 62.0. The first kappa shape index (κ1) is 86.1. The average molecular weight is 1500 g/mol. The normalized spacial score (nSPS) is 13.8. The maximum absolute atomic E-state index is 12.0. The number of Topliss-reactive ketones (excluding diaryl/α,β-unsaturated/α-hetero) is 3. The maximum Gasteiger partial charge on any atom is 0.534 e. The third-order valence-electron chi connectivity index (χ3n) is 16.4. The number of hydroxylamine groups is 4. The van der Waals surface area contributed by atoms with Crippen LogP contribution in [0.15, 0.2) is 123 Å². The van der Waals surface area contributed by atoms with Crippen molar-refractivity contribution >= 4 is 53.1 Å². The fraction of sp³-hybridized carbons (Fsp3) is 0.453. The summed E-state index contributed by atoms with van der Waals surface area (Å²) >= 11 is 0. The van der Waals surface area contributed by atoms with Crippen LogP contribution in [-0.4, -0.2) is 174 Å². The van der Waals surface area contributed by atoms with Gasteiger partial charge in [0.05, 0.1) is 23.8 Å². The van der Waals surface area contributed by atoms with E-state index in [-0.39, 0.29) is 62.0 Å². The number of amides is 4. The Morgan fingerprint density at radius 1 is 0.450 bits per heavy atom. The zero-order valence-electron chi connectivity index (χ0n) is 61.8. The molecular weight excluding hydrogens is 1400 g/mol. The molecular formula is C75H94N22O12. The molecule has 1 unspecified atom stereocenters. The van der Waals surface area contributed by atoms with E-state index in [4.69, 9.17) is 21.0 Å². The minimum Gasteiger partial charge on any atom is -0.429 e. The van der Waals surface area contributed by atoms with Gasteiger partial charge in [-0.1, -0.05) is 110 Å². The van der Waals surface area contributed by atoms with Crippen LogP contribution in [0.1, 0.15) is 195 Å². The maximum atomic E-state index is 12.0. The number of nitrogens with zero attached hydrogens (tertiary/aromatic N) is 20. The van der Waals surface area contributed by atoms with Crippen LogP contribution in [0, 0.1) is 6.92 Å². The minimum absolute atomic E-state index is 0.0231. The Bertz CT molecular complexity index is 4040. The van der Waals surface area contributed by atoms with E-state index in [0.717, 1.165) is 148 Å². The van der Waals surface area contributed by atoms with E-state index in [1.807, 2.05) is 67.6 Å². The molecule has 7 heterocycles. The van der Waals surface area contributed by atoms with Crippen molar-refractivity contribution in [3.05, 3.63) is 157 Å². The molecule has 11 rings (SSSR count). The lowest BCUT2D eigenvalue weighted by molar-refractivity contribution is -0.197. The molecule has 2 fully saturated rings. The van der Waals surface area contributed by atoms with E-state index in [1.165, 1.54) is 30.9 Å². The molecule has 5 aromatic heterocycles. The van der Waals surface area contributed by atoms with Crippen LogP contribution in [0.25, 0.3) is 34.2 Å². The van der Waals surface area contributed by atoms with Crippen molar-refractivity contribution in [2.75, 3.05) is 13.1 Å². The summed E-state index contributed by atoms with van der Waals surface area (Å²) in [5.41, 5.74) is 18.6. The number of hydrogen-bond donors (Lipinski definition) is 2. The highest BCUT2D eigenvalue weighted by molar-refractivity contribution is 6.02. The van der Waals surface area contributed by atoms with Crippen LogP contribution in [0.3, 0.4) is 0 Å². The molecule has 1 aliphatic carbocycles. The van der Waals surface area contributed by atoms with Gasteiger partial charge in [-0.05, 0) is 146 Å². The van der Waals surface area contributed by atoms with E-state index in [2.05, 4.69) is 128 Å². The molecule has 4 amide bonds. The van der Waals surface area contributed by atoms with Crippen LogP contribution < -0.4 is 11.5 Å². The second-order valence-corrected chi connectivity index (χ2v) is 25.0. The van der Waals surface area contributed by atoms with Crippen LogP contribution >= 0.6 is 0 Å². The van der Waals surface area contributed by atoms with Gasteiger partial charge >= 0.3 is 12.1 Å². The number of rotatable bonds is 31. The summed E-state index contributed by atoms with van der Waals surface area (Å²) in [6.07, 6.45) is 30.3. The molecule has 3 aromatic carbocycles. The van der Waals surface area contributed by atoms with Gasteiger partial charge in [0.1, 0.15) is 35.6 Å². The number of allylic oxidation sites excluding steroid dienone is 2. The van der Waals surface area contributed by atoms with Crippen LogP contribution in [0.2, 0.25) is 0 Å². The average Bonchev–Trinajstić information content (AvgIpc) is 1.52. The highest BCUT2D eigenvalue weighted by Crippen LogP contribution is 2.21. The number of aromatic nitrogens is 18. The van der Waals surface area contributed by atoms with Crippen molar-refractivity contribution in [1.29, 1.82) is 0 Å². The number of aryl methyl sites for hydroxylation is 6. The molecule has 2 saturated heterocycles. The van der Waals surface area contributed by atoms with Gasteiger partial charge in [-0.15, -0.1) is 76.4 Å². The van der Waals surface area contributed by atoms with Crippen molar-refractivity contribution in [1.82, 2.24) is 102 Å². The Morgan fingerprint density at radius 2 is 0.890 bits per heavy atom. The van der Waals surface area contributed by atoms with Gasteiger partial charge in [0, 0.05) is 80.9 Å². The number of nitrogens with two attached hydrogens (primary N) is 2. The zero-order chi connectivity index (χ0) is 78.1. The number of benzene rings is 3. The molecule has 0 spiro atoms. The predicted molar refractivity (Wildman–Crippen MR) is 393 cm³/mol. The Labute approximate surface area is 631 Å². The van der Waals surface area contributed by atoms with Gasteiger partial charge in [0.15, 0.2) is 19.0 Å². The second kappa shape index (κ2) is 50.6. The van der Waals surface area contributed by atoms with Gasteiger partial charge in [-0.2, -0.15) is 10.2 Å². The van der Waals surface area contributed by atoms with Gasteiger partial charge in [0.2, 0.25) is 17.5 Å². The predicted octanol–water partition coefficient (Wildman–Crippen LogP) is 8.39. The van der Waals surface area contributed by atoms with E-state index in [1.54, 1.807) is 19.3 Å². The van der Waals surface area contributed by atoms with Crippen molar-refractivity contribution in [3.63, 3.8) is 0 Å². The van der Waals surface area contributed by atoms with E-state index >= 15 is 0 Å². The third-order valence-corrected chi connectivity index (χ3v) is 16.4. The largest absolute Gasteiger partial charge is 0.534 e. The van der Waals surface area contributed by atoms with Crippen molar-refractivity contribution in [2.24, 2.45) is 11.5 Å². The molecule has 4 N–H and O–H groups in total. The van der Waals surface area contributed by atoms with Gasteiger partial charge in [0.25, 0.3) is 23.6 Å². The summed E-state index contributed by atoms with van der Waals surface area (Å²) in [6, 6.07) is 23.3. The molecule has 8 aromatic rings. The van der Waals surface area contributed by atoms with E-state index in [9.17, 15) is 43.2 Å². The summed E-state index contributed by atoms with van der Waals surface area (Å²) < 4.78 is 5.14. The Kier molecular flexibility index (Phi) is 40.0. The fourth-order valence-electron chi connectivity index (χ4n) is 10.3. The third kappa shape index (κ3) is 35.0. The monoisotopic (exact) mass is 1490 g/mol. The molecule has 3 aliphatic rings. The number of carbonyl (C=O) groups excluding carboxylic acids is 9. The molecule has 34 nitrogen and oxygen atoms in total. The quantitative estimate of drug-likeness (QED) is 0.0178. The molecule has 0 bridgehead atoms. The summed E-state index contributed by atoms with van der Waals surface area (Å²) in [7, 11) is 0. The highest BCUT2D eigenvalue weighted by Gasteiger charge is 2.35. The lowest BCUT2D eigenvalue weighted by atomic mass is 10.0. The molecule has 1 atom stereocenters. The van der Waals surface area contributed by atoms with Crippen molar-refractivity contribution < 1.29 is 57.6 Å². The molecule has 0 radical (unpaired) electrons. The van der Waals surface area contributed by atoms with Gasteiger partial charge in [-0.3, -0.25) is 33.6 Å². The summed E-state index contributed by atoms with van der Waals surface area (Å²) in [6.45, 7) is 7.06. The summed E-state index contributed by atoms with van der Waals surface area (Å²) in [5.74, 6) is -0.159. The first-order valence-electron chi connectivity index (χ1n) is 36.4. The smallest absolute Gasteiger partial charge is 0.429 e. The van der Waals surface area contributed by atoms with E-state index < -0.39 is 35.8 Å². The summed E-state index contributed by atoms with van der Waals surface area (Å²) in [4.78, 5) is 121. The number of carbonyl (C=O) groups is 9. The number of ketones is 3. The van der Waals surface area contributed by atoms with Crippen LogP contribution in [0.5, 0.6) is 0 Å². The van der Waals surface area contributed by atoms with Gasteiger partial charge < -0.3 is 25.8 Å². The fourth-order valence-corrected chi connectivity index (χ4v) is 10.3. The second-order valence-electron chi connectivity index (χ2n) is 25.0. The SMILES string of the molecule is CC(=O)CCCC(=O)CCc1ccc(-c2nncnn2)cc1.CCc1ccc(-c2nncnn2)cc1.Cc1ncc(CCCCCN)nn1.NCCCCCc1cncnn1.O=C(CCCC(=O)ON1C(=O)CCC1=O)CCc1ccc(-c2nncnn2)cc1.O=C(OC1CC/C=C/CCC1)ON1C(=O)CCC1=O. The first-order valence-corrected chi connectivity index (χ1v) is 36.4. The molecule has 576 valence electrons. The first-order chi connectivity index (χ1) is 53.0. The highest BCUT2D eigenvalue weighted by atomic mass is 16.8. The lowest BCUT2D eigenvalue weighted by Gasteiger charge is -2.19. The minimum atomic E-state index is -0.974. The Morgan fingerprint density at radius 3 is 1.32 bits per heavy atom. The number of unbranched alkanes of at least 4 members (excludes halogenated alkanes) is 4. The number of ether oxygens (including phenoxy) is 1. The van der Waals surface area contributed by atoms with Crippen LogP contribution in [0.4, 0.5) is 4.79 Å². The standard InChI is InChI=1S/C19H19N5O5.C16H18N4O2.C13H17NO5.C10H10N4.C9H16N4.C8H14N4/c25-15(2-1-3-18(28)29-24-16(26)10-11-17(24)27)9-6-13-4-7-14(8-5-13)19-22-20-12-21-23-19;1-12(21)3-2-4-15(22)10-7-13-5-8-14(9-6-13)16-19-17-11-18-20-16;15-11-8-9-12(16)14(11)19-13(17)18-10-6-4-2-1-3-5-7-10;1-2-8-3-5-9(6-4-8)10-13-11-7-12-14-10;1-8-11-7-9(13-12-8)5-3-2-4-6-10;9-5-3-1-2-4-8-6-10-7-11-12-8/h4-5,7-8,12H,1-3,6,9-11H2;5-6,8-9,11H,2-4,7,10H2,1H3;1-2,10H,3-9H2;3-7H,2H2,1H3;7H,2-6,10H2,1H3;6-7H,1-5,9H2/b;;2-1+;;;. The molecule has 2 aliphatic heterocycles. The van der Waals surface area contributed by atoms with E-state index in [0.29, 0.717) is 79.0 Å². The molecule has 109 heavy (non-hydrogen) atoms. The topological polar surface area (TPSA) is 472 Å². The molecule has 34 heteroatoms. The molecule has 0 saturated carbocycles. The lowest BCUT2D eigenvalue weighted by Crippen LogP contribution is -2.33. The number of hydrogen-bond acceptors (Lipinski definition) is 32. The van der Waals surface area contributed by atoms with Crippen molar-refractivity contribution in [3.8, 4) is 34.2 Å². The van der Waals surface area contributed by atoms with Crippen molar-refractivity contribution in [2.45, 2.75) is 207 Å². The number of imide groups is 2. The zero-order valence-corrected chi connectivity index (χ0v) is 61.8. The van der Waals surface area contributed by atoms with Crippen LogP contribution in [-0.2, 0) is 84.9 Å². The van der Waals surface area contributed by atoms with Gasteiger partial charge in [-0.25, -0.2) is 19.6 Å². The Balaban J connectivity index is 0.000000210. The Hall–Kier alpha value is -11.8.